The van der Waals surface area contributed by atoms with Gasteiger partial charge in [-0.05, 0) is 17.7 Å². The summed E-state index contributed by atoms with van der Waals surface area (Å²) in [7, 11) is 0. The molecule has 0 fully saturated rings. The van der Waals surface area contributed by atoms with Crippen LogP contribution in [-0.4, -0.2) is 9.55 Å². The molecule has 0 N–H and O–H groups in total. The predicted octanol–water partition coefficient (Wildman–Crippen LogP) is 3.32. The van der Waals surface area contributed by atoms with Crippen LogP contribution in [0.2, 0.25) is 5.02 Å². The molecule has 1 heterocycles. The van der Waals surface area contributed by atoms with Gasteiger partial charge in [0.1, 0.15) is 5.82 Å². The first-order valence-electron chi connectivity index (χ1n) is 4.60. The van der Waals surface area contributed by atoms with Crippen molar-refractivity contribution in [1.82, 2.24) is 9.55 Å². The van der Waals surface area contributed by atoms with Crippen molar-refractivity contribution in [3.8, 4) is 0 Å². The first-order chi connectivity index (χ1) is 7.29. The maximum atomic E-state index is 5.91. The average Bonchev–Trinajstić information content (AvgIpc) is 2.65. The standard InChI is InChI=1S/C11H10Cl2N2/c12-7-11-14-4-5-15(11)8-9-2-1-3-10(13)6-9/h1-6H,7-8H2. The van der Waals surface area contributed by atoms with Crippen molar-refractivity contribution in [1.29, 1.82) is 0 Å². The lowest BCUT2D eigenvalue weighted by atomic mass is 10.2. The summed E-state index contributed by atoms with van der Waals surface area (Å²) >= 11 is 11.7. The first-order valence-corrected chi connectivity index (χ1v) is 5.51. The van der Waals surface area contributed by atoms with Gasteiger partial charge in [0.15, 0.2) is 0 Å². The number of alkyl halides is 1. The second kappa shape index (κ2) is 4.69. The van der Waals surface area contributed by atoms with Crippen LogP contribution in [0, 0.1) is 0 Å². The van der Waals surface area contributed by atoms with Crippen LogP contribution in [0.4, 0.5) is 0 Å². The lowest BCUT2D eigenvalue weighted by molar-refractivity contribution is 0.755. The third-order valence-corrected chi connectivity index (χ3v) is 2.64. The molecule has 0 amide bonds. The van der Waals surface area contributed by atoms with E-state index < -0.39 is 0 Å². The molecule has 2 rings (SSSR count). The lowest BCUT2D eigenvalue weighted by Crippen LogP contribution is -2.02. The van der Waals surface area contributed by atoms with E-state index in [9.17, 15) is 0 Å². The number of rotatable bonds is 3. The number of halogens is 2. The van der Waals surface area contributed by atoms with E-state index in [1.54, 1.807) is 6.20 Å². The van der Waals surface area contributed by atoms with Gasteiger partial charge < -0.3 is 4.57 Å². The average molecular weight is 241 g/mol. The maximum Gasteiger partial charge on any atom is 0.123 e. The van der Waals surface area contributed by atoms with E-state index >= 15 is 0 Å². The topological polar surface area (TPSA) is 17.8 Å². The van der Waals surface area contributed by atoms with Crippen molar-refractivity contribution in [3.05, 3.63) is 53.1 Å². The highest BCUT2D eigenvalue weighted by atomic mass is 35.5. The van der Waals surface area contributed by atoms with Gasteiger partial charge in [-0.1, -0.05) is 23.7 Å². The molecule has 0 aliphatic heterocycles. The van der Waals surface area contributed by atoms with Gasteiger partial charge in [-0.3, -0.25) is 0 Å². The van der Waals surface area contributed by atoms with Crippen LogP contribution in [0.15, 0.2) is 36.7 Å². The molecule has 2 nitrogen and oxygen atoms in total. The summed E-state index contributed by atoms with van der Waals surface area (Å²) in [6.07, 6.45) is 3.67. The highest BCUT2D eigenvalue weighted by Crippen LogP contribution is 2.13. The van der Waals surface area contributed by atoms with Gasteiger partial charge >= 0.3 is 0 Å². The third kappa shape index (κ3) is 2.52. The Kier molecular flexibility index (Phi) is 3.29. The zero-order valence-electron chi connectivity index (χ0n) is 8.03. The molecule has 0 bridgehead atoms. The lowest BCUT2D eigenvalue weighted by Gasteiger charge is -2.06. The van der Waals surface area contributed by atoms with Crippen molar-refractivity contribution >= 4 is 23.2 Å². The molecule has 1 aromatic carbocycles. The van der Waals surface area contributed by atoms with Crippen LogP contribution in [0.1, 0.15) is 11.4 Å². The Morgan fingerprint density at radius 3 is 2.93 bits per heavy atom. The van der Waals surface area contributed by atoms with Crippen LogP contribution in [0.3, 0.4) is 0 Å². The van der Waals surface area contributed by atoms with E-state index in [-0.39, 0.29) is 0 Å². The number of hydrogen-bond acceptors (Lipinski definition) is 1. The van der Waals surface area contributed by atoms with Crippen molar-refractivity contribution in [3.63, 3.8) is 0 Å². The van der Waals surface area contributed by atoms with Crippen molar-refractivity contribution < 1.29 is 0 Å². The highest BCUT2D eigenvalue weighted by molar-refractivity contribution is 6.30. The van der Waals surface area contributed by atoms with Gasteiger partial charge in [0.05, 0.1) is 5.88 Å². The molecule has 0 aliphatic rings. The second-order valence-corrected chi connectivity index (χ2v) is 3.94. The molecule has 0 radical (unpaired) electrons. The second-order valence-electron chi connectivity index (χ2n) is 3.23. The fourth-order valence-electron chi connectivity index (χ4n) is 1.45. The molecule has 0 atom stereocenters. The number of hydrogen-bond donors (Lipinski definition) is 0. The quantitative estimate of drug-likeness (QED) is 0.753. The van der Waals surface area contributed by atoms with E-state index in [1.165, 1.54) is 0 Å². The Morgan fingerprint density at radius 2 is 2.20 bits per heavy atom. The molecule has 0 saturated heterocycles. The van der Waals surface area contributed by atoms with Crippen LogP contribution in [-0.2, 0) is 12.4 Å². The summed E-state index contributed by atoms with van der Waals surface area (Å²) in [6, 6.07) is 7.78. The van der Waals surface area contributed by atoms with Gasteiger partial charge in [0.2, 0.25) is 0 Å². The Hall–Kier alpha value is -0.990. The number of nitrogens with zero attached hydrogens (tertiary/aromatic N) is 2. The highest BCUT2D eigenvalue weighted by Gasteiger charge is 2.01. The van der Waals surface area contributed by atoms with E-state index in [2.05, 4.69) is 4.98 Å². The normalized spacial score (nSPS) is 10.5. The number of benzene rings is 1. The molecule has 0 spiro atoms. The van der Waals surface area contributed by atoms with Gasteiger partial charge in [0.25, 0.3) is 0 Å². The Balaban J connectivity index is 2.22. The Labute approximate surface area is 98.5 Å². The summed E-state index contributed by atoms with van der Waals surface area (Å²) in [5, 5.41) is 0.750. The predicted molar refractivity (Wildman–Crippen MR) is 62.3 cm³/mol. The molecule has 2 aromatic rings. The van der Waals surface area contributed by atoms with Crippen LogP contribution >= 0.6 is 23.2 Å². The summed E-state index contributed by atoms with van der Waals surface area (Å²) in [4.78, 5) is 4.15. The van der Waals surface area contributed by atoms with Crippen molar-refractivity contribution in [2.45, 2.75) is 12.4 Å². The molecule has 0 saturated carbocycles. The fourth-order valence-corrected chi connectivity index (χ4v) is 1.88. The summed E-state index contributed by atoms with van der Waals surface area (Å²) in [5.41, 5.74) is 1.15. The van der Waals surface area contributed by atoms with Crippen molar-refractivity contribution in [2.75, 3.05) is 0 Å². The van der Waals surface area contributed by atoms with E-state index in [1.807, 2.05) is 35.0 Å². The van der Waals surface area contributed by atoms with Gasteiger partial charge in [-0.25, -0.2) is 4.98 Å². The van der Waals surface area contributed by atoms with Crippen LogP contribution in [0.5, 0.6) is 0 Å². The minimum absolute atomic E-state index is 0.424. The third-order valence-electron chi connectivity index (χ3n) is 2.16. The van der Waals surface area contributed by atoms with Crippen molar-refractivity contribution in [2.24, 2.45) is 0 Å². The first kappa shape index (κ1) is 10.5. The smallest absolute Gasteiger partial charge is 0.123 e. The molecular formula is C11H10Cl2N2. The molecular weight excluding hydrogens is 231 g/mol. The van der Waals surface area contributed by atoms with Crippen LogP contribution < -0.4 is 0 Å². The number of aromatic nitrogens is 2. The van der Waals surface area contributed by atoms with Gasteiger partial charge in [-0.15, -0.1) is 11.6 Å². The molecule has 78 valence electrons. The van der Waals surface area contributed by atoms with E-state index in [0.717, 1.165) is 23.0 Å². The van der Waals surface area contributed by atoms with Gasteiger partial charge in [-0.2, -0.15) is 0 Å². The summed E-state index contributed by atoms with van der Waals surface area (Å²) in [6.45, 7) is 0.753. The summed E-state index contributed by atoms with van der Waals surface area (Å²) < 4.78 is 2.01. The Bertz CT molecular complexity index is 451. The zero-order valence-corrected chi connectivity index (χ0v) is 9.54. The van der Waals surface area contributed by atoms with E-state index in [4.69, 9.17) is 23.2 Å². The fraction of sp³-hybridized carbons (Fsp3) is 0.182. The minimum Gasteiger partial charge on any atom is -0.330 e. The molecule has 4 heteroatoms. The zero-order chi connectivity index (χ0) is 10.7. The largest absolute Gasteiger partial charge is 0.330 e. The summed E-state index contributed by atoms with van der Waals surface area (Å²) in [5.74, 6) is 1.30. The van der Waals surface area contributed by atoms with Crippen LogP contribution in [0.25, 0.3) is 0 Å². The molecule has 1 aromatic heterocycles. The molecule has 15 heavy (non-hydrogen) atoms. The van der Waals surface area contributed by atoms with Gasteiger partial charge in [0, 0.05) is 24.0 Å². The monoisotopic (exact) mass is 240 g/mol. The molecule has 0 unspecified atom stereocenters. The SMILES string of the molecule is ClCc1nccn1Cc1cccc(Cl)c1. The molecule has 0 aliphatic carbocycles. The Morgan fingerprint density at radius 1 is 1.33 bits per heavy atom. The minimum atomic E-state index is 0.424. The number of imidazole rings is 1. The maximum absolute atomic E-state index is 5.91. The van der Waals surface area contributed by atoms with E-state index in [0.29, 0.717) is 5.88 Å².